The third kappa shape index (κ3) is 1.30. The molecule has 2 rings (SSSR count). The van der Waals surface area contributed by atoms with Gasteiger partial charge >= 0.3 is 0 Å². The first kappa shape index (κ1) is 9.22. The van der Waals surface area contributed by atoms with Gasteiger partial charge in [-0.3, -0.25) is 4.79 Å². The van der Waals surface area contributed by atoms with Crippen LogP contribution in [0.2, 0.25) is 0 Å². The smallest absolute Gasteiger partial charge is 0.263 e. The Hall–Kier alpha value is -1.34. The van der Waals surface area contributed by atoms with E-state index in [9.17, 15) is 9.90 Å². The van der Waals surface area contributed by atoms with Crippen molar-refractivity contribution in [2.75, 3.05) is 0 Å². The number of carbonyl (C=O) groups excluding carboxylic acids is 1. The molecular weight excluding hydrogens is 180 g/mol. The number of aliphatic hydroxyl groups is 1. The molecule has 1 saturated carbocycles. The minimum atomic E-state index is -1.10. The number of nitriles is 1. The third-order valence-corrected chi connectivity index (χ3v) is 3.00. The molecule has 0 spiro atoms. The lowest BCUT2D eigenvalue weighted by Crippen LogP contribution is -2.57. The van der Waals surface area contributed by atoms with Gasteiger partial charge in [0.15, 0.2) is 0 Å². The Balaban J connectivity index is 2.33. The molecule has 4 heteroatoms. The zero-order valence-electron chi connectivity index (χ0n) is 7.79. The van der Waals surface area contributed by atoms with Gasteiger partial charge in [0.1, 0.15) is 17.4 Å². The van der Waals surface area contributed by atoms with Crippen molar-refractivity contribution in [3.8, 4) is 6.07 Å². The minimum Gasteiger partial charge on any atom is -0.370 e. The van der Waals surface area contributed by atoms with Crippen LogP contribution in [0.4, 0.5) is 0 Å². The fourth-order valence-corrected chi connectivity index (χ4v) is 2.19. The van der Waals surface area contributed by atoms with E-state index in [4.69, 9.17) is 5.26 Å². The maximum absolute atomic E-state index is 11.3. The van der Waals surface area contributed by atoms with Gasteiger partial charge in [-0.15, -0.1) is 0 Å². The molecule has 2 atom stereocenters. The fraction of sp³-hybridized carbons (Fsp3) is 0.600. The summed E-state index contributed by atoms with van der Waals surface area (Å²) in [5.74, 6) is -0.545. The molecule has 1 amide bonds. The van der Waals surface area contributed by atoms with Crippen molar-refractivity contribution in [2.24, 2.45) is 5.92 Å². The average molecular weight is 192 g/mol. The summed E-state index contributed by atoms with van der Waals surface area (Å²) < 4.78 is 0. The quantitative estimate of drug-likeness (QED) is 0.585. The Kier molecular flexibility index (Phi) is 2.05. The summed E-state index contributed by atoms with van der Waals surface area (Å²) in [7, 11) is 0. The molecule has 0 aromatic heterocycles. The molecule has 0 aromatic rings. The van der Waals surface area contributed by atoms with Crippen molar-refractivity contribution in [1.82, 2.24) is 5.32 Å². The van der Waals surface area contributed by atoms with Crippen LogP contribution in [0.25, 0.3) is 0 Å². The minimum absolute atomic E-state index is 0.0939. The molecule has 1 heterocycles. The molecule has 1 aliphatic carbocycles. The number of nitrogens with one attached hydrogen (secondary N) is 1. The lowest BCUT2D eigenvalue weighted by molar-refractivity contribution is -0.132. The van der Waals surface area contributed by atoms with E-state index in [2.05, 4.69) is 5.32 Å². The number of amides is 1. The summed E-state index contributed by atoms with van der Waals surface area (Å²) in [6.45, 7) is 0. The highest BCUT2D eigenvalue weighted by atomic mass is 16.3. The van der Waals surface area contributed by atoms with E-state index in [1.807, 2.05) is 6.07 Å². The first-order valence-electron chi connectivity index (χ1n) is 4.82. The number of fused-ring (bicyclic) bond motifs is 1. The van der Waals surface area contributed by atoms with Crippen LogP contribution >= 0.6 is 0 Å². The molecule has 74 valence electrons. The summed E-state index contributed by atoms with van der Waals surface area (Å²) in [6, 6.07) is 1.84. The van der Waals surface area contributed by atoms with Gasteiger partial charge < -0.3 is 10.4 Å². The summed E-state index contributed by atoms with van der Waals surface area (Å²) in [6.07, 6.45) is 4.99. The normalized spacial score (nSPS) is 36.4. The summed E-state index contributed by atoms with van der Waals surface area (Å²) >= 11 is 0. The van der Waals surface area contributed by atoms with Crippen LogP contribution in [0.15, 0.2) is 11.6 Å². The predicted molar refractivity (Wildman–Crippen MR) is 48.7 cm³/mol. The molecule has 2 unspecified atom stereocenters. The van der Waals surface area contributed by atoms with Crippen molar-refractivity contribution in [3.05, 3.63) is 11.6 Å². The van der Waals surface area contributed by atoms with Crippen LogP contribution in [0.1, 0.15) is 25.7 Å². The van der Waals surface area contributed by atoms with E-state index in [0.717, 1.165) is 19.3 Å². The van der Waals surface area contributed by atoms with Gasteiger partial charge in [-0.25, -0.2) is 0 Å². The molecular formula is C10H12N2O2. The molecule has 1 fully saturated rings. The first-order valence-corrected chi connectivity index (χ1v) is 4.82. The molecule has 0 saturated heterocycles. The van der Waals surface area contributed by atoms with Gasteiger partial charge in [0.25, 0.3) is 5.91 Å². The Labute approximate surface area is 82.2 Å². The second-order valence-corrected chi connectivity index (χ2v) is 3.92. The number of nitrogens with zero attached hydrogens (tertiary/aromatic N) is 1. The monoisotopic (exact) mass is 192 g/mol. The van der Waals surface area contributed by atoms with Crippen LogP contribution in [0, 0.1) is 17.2 Å². The SMILES string of the molecule is N#CC1=CC2CCCCC2(O)NC1=O. The number of hydrogen-bond acceptors (Lipinski definition) is 3. The lowest BCUT2D eigenvalue weighted by Gasteiger charge is -2.41. The topological polar surface area (TPSA) is 73.1 Å². The average Bonchev–Trinajstić information content (AvgIpc) is 2.15. The Bertz CT molecular complexity index is 343. The van der Waals surface area contributed by atoms with Gasteiger partial charge in [-0.05, 0) is 19.3 Å². The molecule has 0 radical (unpaired) electrons. The molecule has 2 aliphatic rings. The summed E-state index contributed by atoms with van der Waals surface area (Å²) in [5, 5.41) is 21.3. The third-order valence-electron chi connectivity index (χ3n) is 3.00. The zero-order chi connectivity index (χ0) is 10.2. The van der Waals surface area contributed by atoms with Crippen molar-refractivity contribution in [2.45, 2.75) is 31.4 Å². The van der Waals surface area contributed by atoms with Crippen LogP contribution in [0.3, 0.4) is 0 Å². The predicted octanol–water partition coefficient (Wildman–Crippen LogP) is 0.445. The highest BCUT2D eigenvalue weighted by Crippen LogP contribution is 2.35. The van der Waals surface area contributed by atoms with Crippen molar-refractivity contribution < 1.29 is 9.90 Å². The molecule has 4 nitrogen and oxygen atoms in total. The van der Waals surface area contributed by atoms with Crippen LogP contribution in [-0.4, -0.2) is 16.7 Å². The van der Waals surface area contributed by atoms with Crippen molar-refractivity contribution in [3.63, 3.8) is 0 Å². The van der Waals surface area contributed by atoms with E-state index in [-0.39, 0.29) is 11.5 Å². The summed E-state index contributed by atoms with van der Waals surface area (Å²) in [4.78, 5) is 11.3. The maximum atomic E-state index is 11.3. The molecule has 14 heavy (non-hydrogen) atoms. The summed E-state index contributed by atoms with van der Waals surface area (Å²) in [5.41, 5.74) is -0.975. The van der Waals surface area contributed by atoms with Gasteiger partial charge in [0.05, 0.1) is 0 Å². The highest BCUT2D eigenvalue weighted by molar-refractivity contribution is 5.98. The highest BCUT2D eigenvalue weighted by Gasteiger charge is 2.42. The van der Waals surface area contributed by atoms with Crippen LogP contribution in [0.5, 0.6) is 0 Å². The van der Waals surface area contributed by atoms with E-state index in [1.165, 1.54) is 0 Å². The lowest BCUT2D eigenvalue weighted by atomic mass is 9.78. The Morgan fingerprint density at radius 1 is 1.64 bits per heavy atom. The van der Waals surface area contributed by atoms with E-state index in [1.54, 1.807) is 6.08 Å². The van der Waals surface area contributed by atoms with E-state index < -0.39 is 11.6 Å². The fourth-order valence-electron chi connectivity index (χ4n) is 2.19. The van der Waals surface area contributed by atoms with E-state index >= 15 is 0 Å². The van der Waals surface area contributed by atoms with Gasteiger partial charge in [-0.1, -0.05) is 12.5 Å². The Morgan fingerprint density at radius 3 is 3.14 bits per heavy atom. The first-order chi connectivity index (χ1) is 6.65. The van der Waals surface area contributed by atoms with Gasteiger partial charge in [0.2, 0.25) is 0 Å². The largest absolute Gasteiger partial charge is 0.370 e. The van der Waals surface area contributed by atoms with Gasteiger partial charge in [-0.2, -0.15) is 5.26 Å². The second kappa shape index (κ2) is 3.10. The van der Waals surface area contributed by atoms with E-state index in [0.29, 0.717) is 6.42 Å². The molecule has 0 bridgehead atoms. The van der Waals surface area contributed by atoms with Gasteiger partial charge in [0, 0.05) is 5.92 Å². The maximum Gasteiger partial charge on any atom is 0.263 e. The zero-order valence-corrected chi connectivity index (χ0v) is 7.79. The number of rotatable bonds is 0. The van der Waals surface area contributed by atoms with Crippen LogP contribution in [-0.2, 0) is 4.79 Å². The van der Waals surface area contributed by atoms with Crippen molar-refractivity contribution >= 4 is 5.91 Å². The molecule has 2 N–H and O–H groups in total. The second-order valence-electron chi connectivity index (χ2n) is 3.92. The standard InChI is InChI=1S/C10H12N2O2/c11-6-7-5-8-3-1-2-4-10(8,14)12-9(7)13/h5,8,14H,1-4H2,(H,12,13). The number of hydrogen-bond donors (Lipinski definition) is 2. The number of carbonyl (C=O) groups is 1. The molecule has 0 aromatic carbocycles. The molecule has 1 aliphatic heterocycles. The van der Waals surface area contributed by atoms with Crippen molar-refractivity contribution in [1.29, 1.82) is 5.26 Å². The Morgan fingerprint density at radius 2 is 2.43 bits per heavy atom. The van der Waals surface area contributed by atoms with Crippen LogP contribution < -0.4 is 5.32 Å².